The molecule has 20 heavy (non-hydrogen) atoms. The third-order valence-electron chi connectivity index (χ3n) is 3.36. The standard InChI is InChI=1S/C17H12ClNO/c1-11-6-7-13(18)8-15(11)17(20)16-10-19-9-12-4-2-3-5-14(12)16/h2-10H,1H3. The van der Waals surface area contributed by atoms with Crippen molar-refractivity contribution in [2.24, 2.45) is 0 Å². The minimum Gasteiger partial charge on any atom is -0.289 e. The zero-order valence-electron chi connectivity index (χ0n) is 10.9. The predicted octanol–water partition coefficient (Wildman–Crippen LogP) is 4.43. The summed E-state index contributed by atoms with van der Waals surface area (Å²) in [6.45, 7) is 1.90. The van der Waals surface area contributed by atoms with Gasteiger partial charge in [-0.05, 0) is 30.0 Å². The largest absolute Gasteiger partial charge is 0.289 e. The number of benzene rings is 2. The Morgan fingerprint density at radius 3 is 2.70 bits per heavy atom. The highest BCUT2D eigenvalue weighted by Crippen LogP contribution is 2.23. The van der Waals surface area contributed by atoms with Gasteiger partial charge in [-0.15, -0.1) is 0 Å². The molecule has 0 bridgehead atoms. The third kappa shape index (κ3) is 2.19. The maximum atomic E-state index is 12.7. The van der Waals surface area contributed by atoms with E-state index in [1.807, 2.05) is 37.3 Å². The number of ketones is 1. The summed E-state index contributed by atoms with van der Waals surface area (Å²) in [7, 11) is 0. The lowest BCUT2D eigenvalue weighted by Crippen LogP contribution is -2.05. The fourth-order valence-corrected chi connectivity index (χ4v) is 2.45. The van der Waals surface area contributed by atoms with Crippen molar-refractivity contribution in [3.63, 3.8) is 0 Å². The van der Waals surface area contributed by atoms with Gasteiger partial charge in [0.05, 0.1) is 0 Å². The number of pyridine rings is 1. The van der Waals surface area contributed by atoms with Gasteiger partial charge in [-0.1, -0.05) is 41.9 Å². The van der Waals surface area contributed by atoms with Crippen LogP contribution in [-0.2, 0) is 0 Å². The highest BCUT2D eigenvalue weighted by Gasteiger charge is 2.15. The Morgan fingerprint density at radius 1 is 1.05 bits per heavy atom. The number of rotatable bonds is 2. The van der Waals surface area contributed by atoms with Crippen LogP contribution in [0.4, 0.5) is 0 Å². The second-order valence-electron chi connectivity index (χ2n) is 4.70. The van der Waals surface area contributed by atoms with Gasteiger partial charge in [0.2, 0.25) is 0 Å². The lowest BCUT2D eigenvalue weighted by Gasteiger charge is -2.08. The molecule has 0 aliphatic carbocycles. The van der Waals surface area contributed by atoms with E-state index in [0.29, 0.717) is 16.1 Å². The van der Waals surface area contributed by atoms with Crippen LogP contribution in [0, 0.1) is 6.92 Å². The molecule has 3 rings (SSSR count). The Kier molecular flexibility index (Phi) is 3.25. The van der Waals surface area contributed by atoms with Crippen molar-refractivity contribution >= 4 is 28.2 Å². The Balaban J connectivity index is 2.20. The average molecular weight is 282 g/mol. The van der Waals surface area contributed by atoms with Crippen LogP contribution < -0.4 is 0 Å². The summed E-state index contributed by atoms with van der Waals surface area (Å²) in [4.78, 5) is 16.9. The van der Waals surface area contributed by atoms with E-state index in [0.717, 1.165) is 16.3 Å². The van der Waals surface area contributed by atoms with Crippen molar-refractivity contribution < 1.29 is 4.79 Å². The van der Waals surface area contributed by atoms with E-state index in [1.165, 1.54) is 0 Å². The summed E-state index contributed by atoms with van der Waals surface area (Å²) < 4.78 is 0. The van der Waals surface area contributed by atoms with E-state index in [9.17, 15) is 4.79 Å². The van der Waals surface area contributed by atoms with E-state index in [4.69, 9.17) is 11.6 Å². The molecule has 98 valence electrons. The van der Waals surface area contributed by atoms with Gasteiger partial charge >= 0.3 is 0 Å². The number of fused-ring (bicyclic) bond motifs is 1. The van der Waals surface area contributed by atoms with Gasteiger partial charge in [0.1, 0.15) is 0 Å². The Labute approximate surface area is 122 Å². The monoisotopic (exact) mass is 281 g/mol. The Bertz CT molecular complexity index is 806. The second-order valence-corrected chi connectivity index (χ2v) is 5.13. The lowest BCUT2D eigenvalue weighted by molar-refractivity contribution is 0.103. The number of nitrogens with zero attached hydrogens (tertiary/aromatic N) is 1. The molecule has 3 heteroatoms. The number of halogens is 1. The molecule has 2 aromatic carbocycles. The maximum absolute atomic E-state index is 12.7. The average Bonchev–Trinajstić information content (AvgIpc) is 2.48. The van der Waals surface area contributed by atoms with E-state index in [2.05, 4.69) is 4.98 Å². The highest BCUT2D eigenvalue weighted by molar-refractivity contribution is 6.31. The number of carbonyl (C=O) groups excluding carboxylic acids is 1. The van der Waals surface area contributed by atoms with Crippen LogP contribution in [0.1, 0.15) is 21.5 Å². The fourth-order valence-electron chi connectivity index (χ4n) is 2.28. The van der Waals surface area contributed by atoms with E-state index >= 15 is 0 Å². The van der Waals surface area contributed by atoms with Gasteiger partial charge in [0, 0.05) is 33.9 Å². The second kappa shape index (κ2) is 5.06. The van der Waals surface area contributed by atoms with Gasteiger partial charge in [0.25, 0.3) is 0 Å². The van der Waals surface area contributed by atoms with Crippen LogP contribution in [0.5, 0.6) is 0 Å². The molecular formula is C17H12ClNO. The van der Waals surface area contributed by atoms with Crippen molar-refractivity contribution in [2.75, 3.05) is 0 Å². The number of hydrogen-bond acceptors (Lipinski definition) is 2. The molecule has 0 unspecified atom stereocenters. The highest BCUT2D eigenvalue weighted by atomic mass is 35.5. The maximum Gasteiger partial charge on any atom is 0.195 e. The molecule has 3 aromatic rings. The molecular weight excluding hydrogens is 270 g/mol. The van der Waals surface area contributed by atoms with Crippen molar-refractivity contribution in [3.05, 3.63) is 76.6 Å². The molecule has 2 nitrogen and oxygen atoms in total. The van der Waals surface area contributed by atoms with Crippen LogP contribution in [0.15, 0.2) is 54.9 Å². The molecule has 0 aliphatic heterocycles. The molecule has 1 aromatic heterocycles. The molecule has 0 saturated heterocycles. The lowest BCUT2D eigenvalue weighted by atomic mass is 9.97. The van der Waals surface area contributed by atoms with Crippen LogP contribution in [-0.4, -0.2) is 10.8 Å². The zero-order valence-corrected chi connectivity index (χ0v) is 11.7. The number of aromatic nitrogens is 1. The van der Waals surface area contributed by atoms with Gasteiger partial charge in [0.15, 0.2) is 5.78 Å². The van der Waals surface area contributed by atoms with Gasteiger partial charge in [-0.25, -0.2) is 0 Å². The summed E-state index contributed by atoms with van der Waals surface area (Å²) in [6, 6.07) is 13.1. The SMILES string of the molecule is Cc1ccc(Cl)cc1C(=O)c1cncc2ccccc12. The summed E-state index contributed by atoms with van der Waals surface area (Å²) >= 11 is 6.00. The molecule has 0 spiro atoms. The Morgan fingerprint density at radius 2 is 1.85 bits per heavy atom. The molecule has 0 radical (unpaired) electrons. The van der Waals surface area contributed by atoms with Crippen LogP contribution in [0.3, 0.4) is 0 Å². The zero-order chi connectivity index (χ0) is 14.1. The van der Waals surface area contributed by atoms with Gasteiger partial charge in [-0.3, -0.25) is 9.78 Å². The first-order chi connectivity index (χ1) is 9.66. The summed E-state index contributed by atoms with van der Waals surface area (Å²) in [6.07, 6.45) is 3.38. The summed E-state index contributed by atoms with van der Waals surface area (Å²) in [5.74, 6) is -0.0469. The number of aryl methyl sites for hydroxylation is 1. The molecule has 0 atom stereocenters. The van der Waals surface area contributed by atoms with Crippen molar-refractivity contribution in [1.82, 2.24) is 4.98 Å². The quantitative estimate of drug-likeness (QED) is 0.651. The molecule has 1 heterocycles. The van der Waals surface area contributed by atoms with Crippen LogP contribution in [0.2, 0.25) is 5.02 Å². The van der Waals surface area contributed by atoms with Crippen LogP contribution >= 0.6 is 11.6 Å². The summed E-state index contributed by atoms with van der Waals surface area (Å²) in [5.41, 5.74) is 2.14. The topological polar surface area (TPSA) is 30.0 Å². The van der Waals surface area contributed by atoms with Crippen molar-refractivity contribution in [2.45, 2.75) is 6.92 Å². The van der Waals surface area contributed by atoms with Crippen LogP contribution in [0.25, 0.3) is 10.8 Å². The van der Waals surface area contributed by atoms with E-state index in [-0.39, 0.29) is 5.78 Å². The fraction of sp³-hybridized carbons (Fsp3) is 0.0588. The van der Waals surface area contributed by atoms with Gasteiger partial charge < -0.3 is 0 Å². The summed E-state index contributed by atoms with van der Waals surface area (Å²) in [5, 5.41) is 2.43. The molecule has 0 fully saturated rings. The van der Waals surface area contributed by atoms with Gasteiger partial charge in [-0.2, -0.15) is 0 Å². The predicted molar refractivity (Wildman–Crippen MR) is 81.4 cm³/mol. The number of carbonyl (C=O) groups is 1. The van der Waals surface area contributed by atoms with E-state index < -0.39 is 0 Å². The molecule has 0 aliphatic rings. The Hall–Kier alpha value is -2.19. The molecule has 0 N–H and O–H groups in total. The third-order valence-corrected chi connectivity index (χ3v) is 3.59. The molecule has 0 amide bonds. The number of hydrogen-bond donors (Lipinski definition) is 0. The first-order valence-electron chi connectivity index (χ1n) is 6.30. The van der Waals surface area contributed by atoms with Crippen molar-refractivity contribution in [1.29, 1.82) is 0 Å². The molecule has 0 saturated carbocycles. The smallest absolute Gasteiger partial charge is 0.195 e. The normalized spacial score (nSPS) is 10.7. The van der Waals surface area contributed by atoms with E-state index in [1.54, 1.807) is 24.5 Å². The first-order valence-corrected chi connectivity index (χ1v) is 6.68. The minimum atomic E-state index is -0.0469. The minimum absolute atomic E-state index is 0.0469. The van der Waals surface area contributed by atoms with Crippen molar-refractivity contribution in [3.8, 4) is 0 Å². The first kappa shape index (κ1) is 12.8.